The van der Waals surface area contributed by atoms with Gasteiger partial charge in [-0.1, -0.05) is 20.8 Å². The summed E-state index contributed by atoms with van der Waals surface area (Å²) >= 11 is 3.46. The maximum absolute atomic E-state index is 5.95. The Hall–Kier alpha value is -1.36. The summed E-state index contributed by atoms with van der Waals surface area (Å²) in [6.45, 7) is 8.15. The molecule has 2 aromatic rings. The SMILES string of the molecule is Cc1occc1-c1nc(N)c(Br)c(C(C)(C)C)n1. The first-order valence-corrected chi connectivity index (χ1v) is 6.48. The minimum atomic E-state index is -0.109. The maximum atomic E-state index is 5.95. The average Bonchev–Trinajstić information content (AvgIpc) is 2.66. The second-order valence-corrected chi connectivity index (χ2v) is 6.03. The molecule has 5 heteroatoms. The Labute approximate surface area is 115 Å². The van der Waals surface area contributed by atoms with Crippen LogP contribution in [0.4, 0.5) is 5.82 Å². The van der Waals surface area contributed by atoms with E-state index in [0.29, 0.717) is 11.6 Å². The van der Waals surface area contributed by atoms with Gasteiger partial charge in [0.25, 0.3) is 0 Å². The topological polar surface area (TPSA) is 64.9 Å². The molecule has 96 valence electrons. The molecule has 0 atom stereocenters. The molecule has 4 nitrogen and oxygen atoms in total. The molecule has 0 saturated heterocycles. The standard InChI is InChI=1S/C13H16BrN3O/c1-7-8(5-6-18-7)12-16-10(13(2,3)4)9(14)11(15)17-12/h5-6H,1-4H3,(H2,15,16,17). The van der Waals surface area contributed by atoms with E-state index in [1.54, 1.807) is 6.26 Å². The zero-order valence-corrected chi connectivity index (χ0v) is 12.5. The molecule has 0 aliphatic heterocycles. The molecule has 0 radical (unpaired) electrons. The summed E-state index contributed by atoms with van der Waals surface area (Å²) in [5.41, 5.74) is 7.61. The highest BCUT2D eigenvalue weighted by Crippen LogP contribution is 2.33. The van der Waals surface area contributed by atoms with Crippen LogP contribution < -0.4 is 5.73 Å². The molecule has 0 aromatic carbocycles. The Morgan fingerprint density at radius 2 is 1.94 bits per heavy atom. The number of nitrogen functional groups attached to an aromatic ring is 1. The van der Waals surface area contributed by atoms with Crippen LogP contribution in [0.1, 0.15) is 32.2 Å². The lowest BCUT2D eigenvalue weighted by Gasteiger charge is -2.20. The van der Waals surface area contributed by atoms with Crippen LogP contribution in [-0.2, 0) is 5.41 Å². The number of anilines is 1. The van der Waals surface area contributed by atoms with Crippen LogP contribution in [0.25, 0.3) is 11.4 Å². The molecule has 0 fully saturated rings. The molecule has 2 aromatic heterocycles. The first kappa shape index (κ1) is 13.1. The van der Waals surface area contributed by atoms with Crippen LogP contribution in [0.2, 0.25) is 0 Å². The van der Waals surface area contributed by atoms with Crippen molar-refractivity contribution in [3.05, 3.63) is 28.3 Å². The molecule has 0 unspecified atom stereocenters. The number of hydrogen-bond donors (Lipinski definition) is 1. The van der Waals surface area contributed by atoms with Crippen LogP contribution in [-0.4, -0.2) is 9.97 Å². The van der Waals surface area contributed by atoms with Gasteiger partial charge in [0.05, 0.1) is 22.0 Å². The number of rotatable bonds is 1. The lowest BCUT2D eigenvalue weighted by molar-refractivity contribution is 0.534. The largest absolute Gasteiger partial charge is 0.469 e. The summed E-state index contributed by atoms with van der Waals surface area (Å²) in [6, 6.07) is 1.85. The molecule has 0 aliphatic rings. The van der Waals surface area contributed by atoms with Crippen molar-refractivity contribution in [1.29, 1.82) is 0 Å². The molecule has 2 N–H and O–H groups in total. The van der Waals surface area contributed by atoms with Gasteiger partial charge in [0.1, 0.15) is 11.6 Å². The minimum absolute atomic E-state index is 0.109. The van der Waals surface area contributed by atoms with Gasteiger partial charge in [-0.15, -0.1) is 0 Å². The first-order chi connectivity index (χ1) is 8.30. The van der Waals surface area contributed by atoms with E-state index < -0.39 is 0 Å². The third-order valence-corrected chi connectivity index (χ3v) is 3.47. The lowest BCUT2D eigenvalue weighted by Crippen LogP contribution is -2.17. The Morgan fingerprint density at radius 1 is 1.28 bits per heavy atom. The van der Waals surface area contributed by atoms with Gasteiger partial charge >= 0.3 is 0 Å². The van der Waals surface area contributed by atoms with Gasteiger partial charge in [-0.3, -0.25) is 0 Å². The van der Waals surface area contributed by atoms with Gasteiger partial charge in [-0.05, 0) is 28.9 Å². The Bertz CT molecular complexity index is 584. The molecule has 2 heterocycles. The van der Waals surface area contributed by atoms with Crippen molar-refractivity contribution in [2.75, 3.05) is 5.73 Å². The van der Waals surface area contributed by atoms with Crippen LogP contribution in [0, 0.1) is 6.92 Å². The molecular formula is C13H16BrN3O. The van der Waals surface area contributed by atoms with Crippen molar-refractivity contribution in [2.24, 2.45) is 0 Å². The summed E-state index contributed by atoms with van der Waals surface area (Å²) in [6.07, 6.45) is 1.63. The van der Waals surface area contributed by atoms with Gasteiger partial charge in [-0.2, -0.15) is 0 Å². The number of nitrogens with zero attached hydrogens (tertiary/aromatic N) is 2. The molecule has 0 bridgehead atoms. The molecule has 0 amide bonds. The van der Waals surface area contributed by atoms with Crippen LogP contribution >= 0.6 is 15.9 Å². The van der Waals surface area contributed by atoms with E-state index in [1.807, 2.05) is 13.0 Å². The van der Waals surface area contributed by atoms with Gasteiger partial charge in [0, 0.05) is 5.41 Å². The second kappa shape index (κ2) is 4.39. The molecule has 2 rings (SSSR count). The van der Waals surface area contributed by atoms with Crippen LogP contribution in [0.15, 0.2) is 21.2 Å². The quantitative estimate of drug-likeness (QED) is 0.872. The number of furan rings is 1. The van der Waals surface area contributed by atoms with Crippen molar-refractivity contribution in [2.45, 2.75) is 33.1 Å². The van der Waals surface area contributed by atoms with Crippen molar-refractivity contribution in [1.82, 2.24) is 9.97 Å². The first-order valence-electron chi connectivity index (χ1n) is 5.68. The second-order valence-electron chi connectivity index (χ2n) is 5.24. The number of nitrogens with two attached hydrogens (primary N) is 1. The van der Waals surface area contributed by atoms with Gasteiger partial charge in [0.15, 0.2) is 5.82 Å². The van der Waals surface area contributed by atoms with Gasteiger partial charge < -0.3 is 10.2 Å². The summed E-state index contributed by atoms with van der Waals surface area (Å²) in [7, 11) is 0. The number of aromatic nitrogens is 2. The summed E-state index contributed by atoms with van der Waals surface area (Å²) in [4.78, 5) is 8.92. The highest BCUT2D eigenvalue weighted by Gasteiger charge is 2.23. The minimum Gasteiger partial charge on any atom is -0.469 e. The molecule has 0 saturated carbocycles. The highest BCUT2D eigenvalue weighted by molar-refractivity contribution is 9.10. The molecule has 0 aliphatic carbocycles. The smallest absolute Gasteiger partial charge is 0.165 e. The van der Waals surface area contributed by atoms with Crippen LogP contribution in [0.5, 0.6) is 0 Å². The highest BCUT2D eigenvalue weighted by atomic mass is 79.9. The summed E-state index contributed by atoms with van der Waals surface area (Å²) in [5.74, 6) is 1.84. The van der Waals surface area contributed by atoms with Crippen molar-refractivity contribution in [3.63, 3.8) is 0 Å². The number of hydrogen-bond acceptors (Lipinski definition) is 4. The van der Waals surface area contributed by atoms with Crippen molar-refractivity contribution >= 4 is 21.7 Å². The van der Waals surface area contributed by atoms with Crippen LogP contribution in [0.3, 0.4) is 0 Å². The molecular weight excluding hydrogens is 294 g/mol. The normalized spacial score (nSPS) is 11.8. The van der Waals surface area contributed by atoms with E-state index in [9.17, 15) is 0 Å². The third-order valence-electron chi connectivity index (χ3n) is 2.69. The Morgan fingerprint density at radius 3 is 2.44 bits per heavy atom. The summed E-state index contributed by atoms with van der Waals surface area (Å²) in [5, 5.41) is 0. The fourth-order valence-corrected chi connectivity index (χ4v) is 2.47. The van der Waals surface area contributed by atoms with E-state index in [4.69, 9.17) is 10.2 Å². The third kappa shape index (κ3) is 2.27. The zero-order chi connectivity index (χ0) is 13.5. The fraction of sp³-hybridized carbons (Fsp3) is 0.385. The lowest BCUT2D eigenvalue weighted by atomic mass is 9.91. The Kier molecular flexibility index (Phi) is 3.19. The van der Waals surface area contributed by atoms with E-state index in [-0.39, 0.29) is 5.41 Å². The molecule has 0 spiro atoms. The van der Waals surface area contributed by atoms with E-state index >= 15 is 0 Å². The fourth-order valence-electron chi connectivity index (χ4n) is 1.70. The predicted molar refractivity (Wildman–Crippen MR) is 75.3 cm³/mol. The van der Waals surface area contributed by atoms with Gasteiger partial charge in [0.2, 0.25) is 0 Å². The van der Waals surface area contributed by atoms with E-state index in [2.05, 4.69) is 46.7 Å². The van der Waals surface area contributed by atoms with Gasteiger partial charge in [-0.25, -0.2) is 9.97 Å². The van der Waals surface area contributed by atoms with E-state index in [1.165, 1.54) is 0 Å². The molecule has 18 heavy (non-hydrogen) atoms. The van der Waals surface area contributed by atoms with E-state index in [0.717, 1.165) is 21.5 Å². The summed E-state index contributed by atoms with van der Waals surface area (Å²) < 4.78 is 6.05. The maximum Gasteiger partial charge on any atom is 0.165 e. The van der Waals surface area contributed by atoms with Crippen molar-refractivity contribution < 1.29 is 4.42 Å². The average molecular weight is 310 g/mol. The van der Waals surface area contributed by atoms with Crippen molar-refractivity contribution in [3.8, 4) is 11.4 Å². The zero-order valence-electron chi connectivity index (χ0n) is 10.9. The monoisotopic (exact) mass is 309 g/mol. The Balaban J connectivity index is 2.66. The number of halogens is 1. The predicted octanol–water partition coefficient (Wildman–Crippen LogP) is 3.69. The number of aryl methyl sites for hydroxylation is 1.